The molecule has 3 heteroatoms. The Balaban J connectivity index is 2.81. The number of hydrogen-bond acceptors (Lipinski definition) is 3. The van der Waals surface area contributed by atoms with Gasteiger partial charge >= 0.3 is 0 Å². The Hall–Kier alpha value is -1.22. The van der Waals surface area contributed by atoms with E-state index in [1.165, 1.54) is 0 Å². The second-order valence-corrected chi connectivity index (χ2v) is 3.84. The quantitative estimate of drug-likeness (QED) is 0.810. The van der Waals surface area contributed by atoms with Crippen molar-refractivity contribution in [2.24, 2.45) is 5.92 Å². The minimum absolute atomic E-state index is 0.0164. The Morgan fingerprint density at radius 1 is 1.33 bits per heavy atom. The van der Waals surface area contributed by atoms with Crippen molar-refractivity contribution in [3.05, 3.63) is 23.8 Å². The predicted octanol–water partition coefficient (Wildman–Crippen LogP) is 2.22. The van der Waals surface area contributed by atoms with E-state index in [1.807, 2.05) is 12.1 Å². The van der Waals surface area contributed by atoms with E-state index in [0.29, 0.717) is 18.3 Å². The third kappa shape index (κ3) is 3.44. The van der Waals surface area contributed by atoms with Crippen LogP contribution in [0.25, 0.3) is 0 Å². The number of benzene rings is 1. The van der Waals surface area contributed by atoms with E-state index < -0.39 is 0 Å². The van der Waals surface area contributed by atoms with Crippen molar-refractivity contribution in [1.29, 1.82) is 0 Å². The van der Waals surface area contributed by atoms with Crippen LogP contribution in [-0.2, 0) is 6.61 Å². The zero-order valence-electron chi connectivity index (χ0n) is 9.49. The number of ether oxygens (including phenoxy) is 2. The Morgan fingerprint density at radius 3 is 2.60 bits per heavy atom. The maximum Gasteiger partial charge on any atom is 0.128 e. The molecule has 0 aliphatic rings. The second kappa shape index (κ2) is 5.61. The summed E-state index contributed by atoms with van der Waals surface area (Å²) in [5, 5.41) is 9.13. The molecule has 0 aromatic heterocycles. The van der Waals surface area contributed by atoms with Gasteiger partial charge in [0, 0.05) is 11.6 Å². The summed E-state index contributed by atoms with van der Waals surface area (Å²) in [5.41, 5.74) is 0.788. The molecule has 1 aromatic rings. The van der Waals surface area contributed by atoms with Crippen LogP contribution in [0.15, 0.2) is 18.2 Å². The van der Waals surface area contributed by atoms with Crippen molar-refractivity contribution in [1.82, 2.24) is 0 Å². The lowest BCUT2D eigenvalue weighted by molar-refractivity contribution is 0.244. The smallest absolute Gasteiger partial charge is 0.128 e. The van der Waals surface area contributed by atoms with Crippen LogP contribution in [0.5, 0.6) is 11.5 Å². The largest absolute Gasteiger partial charge is 0.497 e. The fraction of sp³-hybridized carbons (Fsp3) is 0.500. The first-order valence-corrected chi connectivity index (χ1v) is 5.08. The highest BCUT2D eigenvalue weighted by Gasteiger charge is 2.05. The SMILES string of the molecule is COc1ccc(CO)c(OCC(C)C)c1. The van der Waals surface area contributed by atoms with E-state index in [9.17, 15) is 0 Å². The minimum atomic E-state index is -0.0164. The summed E-state index contributed by atoms with van der Waals surface area (Å²) >= 11 is 0. The number of rotatable bonds is 5. The van der Waals surface area contributed by atoms with Crippen LogP contribution in [0.1, 0.15) is 19.4 Å². The fourth-order valence-corrected chi connectivity index (χ4v) is 1.18. The first kappa shape index (κ1) is 11.9. The Bertz CT molecular complexity index is 308. The summed E-state index contributed by atoms with van der Waals surface area (Å²) in [6.07, 6.45) is 0. The third-order valence-electron chi connectivity index (χ3n) is 2.02. The molecule has 0 amide bonds. The van der Waals surface area contributed by atoms with E-state index in [2.05, 4.69) is 13.8 Å². The molecule has 0 fully saturated rings. The van der Waals surface area contributed by atoms with E-state index in [1.54, 1.807) is 13.2 Å². The van der Waals surface area contributed by atoms with Gasteiger partial charge in [0.1, 0.15) is 11.5 Å². The van der Waals surface area contributed by atoms with Crippen molar-refractivity contribution < 1.29 is 14.6 Å². The van der Waals surface area contributed by atoms with Crippen LogP contribution >= 0.6 is 0 Å². The van der Waals surface area contributed by atoms with Crippen molar-refractivity contribution in [3.8, 4) is 11.5 Å². The highest BCUT2D eigenvalue weighted by atomic mass is 16.5. The summed E-state index contributed by atoms with van der Waals surface area (Å²) < 4.78 is 10.7. The van der Waals surface area contributed by atoms with Crippen LogP contribution in [0.3, 0.4) is 0 Å². The normalized spacial score (nSPS) is 10.5. The lowest BCUT2D eigenvalue weighted by Crippen LogP contribution is -2.06. The number of aliphatic hydroxyl groups excluding tert-OH is 1. The molecule has 0 saturated heterocycles. The standard InChI is InChI=1S/C12H18O3/c1-9(2)8-15-12-6-11(14-3)5-4-10(12)7-13/h4-6,9,13H,7-8H2,1-3H3. The maximum absolute atomic E-state index is 9.13. The molecule has 3 nitrogen and oxygen atoms in total. The summed E-state index contributed by atoms with van der Waals surface area (Å²) in [6, 6.07) is 5.43. The highest BCUT2D eigenvalue weighted by molar-refractivity contribution is 5.40. The highest BCUT2D eigenvalue weighted by Crippen LogP contribution is 2.25. The van der Waals surface area contributed by atoms with Gasteiger partial charge in [-0.25, -0.2) is 0 Å². The first-order chi connectivity index (χ1) is 7.17. The van der Waals surface area contributed by atoms with Gasteiger partial charge in [-0.15, -0.1) is 0 Å². The predicted molar refractivity (Wildman–Crippen MR) is 59.2 cm³/mol. The van der Waals surface area contributed by atoms with Gasteiger partial charge in [-0.05, 0) is 18.1 Å². The summed E-state index contributed by atoms with van der Waals surface area (Å²) in [5.74, 6) is 1.90. The molecule has 0 bridgehead atoms. The van der Waals surface area contributed by atoms with Gasteiger partial charge in [0.2, 0.25) is 0 Å². The van der Waals surface area contributed by atoms with Crippen LogP contribution in [-0.4, -0.2) is 18.8 Å². The van der Waals surface area contributed by atoms with Crippen LogP contribution in [0.2, 0.25) is 0 Å². The minimum Gasteiger partial charge on any atom is -0.497 e. The number of aliphatic hydroxyl groups is 1. The van der Waals surface area contributed by atoms with Crippen LogP contribution < -0.4 is 9.47 Å². The van der Waals surface area contributed by atoms with Gasteiger partial charge in [-0.1, -0.05) is 13.8 Å². The third-order valence-corrected chi connectivity index (χ3v) is 2.02. The molecular weight excluding hydrogens is 192 g/mol. The van der Waals surface area contributed by atoms with Gasteiger partial charge < -0.3 is 14.6 Å². The average Bonchev–Trinajstić information content (AvgIpc) is 2.25. The lowest BCUT2D eigenvalue weighted by atomic mass is 10.2. The molecule has 0 spiro atoms. The monoisotopic (exact) mass is 210 g/mol. The first-order valence-electron chi connectivity index (χ1n) is 5.08. The van der Waals surface area contributed by atoms with Gasteiger partial charge in [-0.3, -0.25) is 0 Å². The molecule has 0 aliphatic heterocycles. The number of hydrogen-bond donors (Lipinski definition) is 1. The topological polar surface area (TPSA) is 38.7 Å². The molecule has 0 saturated carbocycles. The van der Waals surface area contributed by atoms with E-state index in [0.717, 1.165) is 11.3 Å². The summed E-state index contributed by atoms with van der Waals surface area (Å²) in [6.45, 7) is 4.79. The molecule has 0 unspecified atom stereocenters. The molecular formula is C12H18O3. The molecule has 1 rings (SSSR count). The molecule has 0 aliphatic carbocycles. The van der Waals surface area contributed by atoms with Crippen molar-refractivity contribution in [2.75, 3.05) is 13.7 Å². The van der Waals surface area contributed by atoms with Crippen LogP contribution in [0.4, 0.5) is 0 Å². The Labute approximate surface area is 90.6 Å². The summed E-state index contributed by atoms with van der Waals surface area (Å²) in [7, 11) is 1.61. The molecule has 0 heterocycles. The molecule has 1 aromatic carbocycles. The van der Waals surface area contributed by atoms with Gasteiger partial charge in [0.15, 0.2) is 0 Å². The fourth-order valence-electron chi connectivity index (χ4n) is 1.18. The molecule has 84 valence electrons. The van der Waals surface area contributed by atoms with Crippen molar-refractivity contribution >= 4 is 0 Å². The number of methoxy groups -OCH3 is 1. The second-order valence-electron chi connectivity index (χ2n) is 3.84. The van der Waals surface area contributed by atoms with E-state index in [-0.39, 0.29) is 6.61 Å². The van der Waals surface area contributed by atoms with Gasteiger partial charge in [-0.2, -0.15) is 0 Å². The summed E-state index contributed by atoms with van der Waals surface area (Å²) in [4.78, 5) is 0. The Kier molecular flexibility index (Phi) is 4.43. The Morgan fingerprint density at radius 2 is 2.07 bits per heavy atom. The van der Waals surface area contributed by atoms with Gasteiger partial charge in [0.05, 0.1) is 20.3 Å². The van der Waals surface area contributed by atoms with Crippen molar-refractivity contribution in [3.63, 3.8) is 0 Å². The molecule has 1 N–H and O–H groups in total. The van der Waals surface area contributed by atoms with Crippen molar-refractivity contribution in [2.45, 2.75) is 20.5 Å². The van der Waals surface area contributed by atoms with E-state index in [4.69, 9.17) is 14.6 Å². The average molecular weight is 210 g/mol. The van der Waals surface area contributed by atoms with Crippen LogP contribution in [0, 0.1) is 5.92 Å². The molecule has 15 heavy (non-hydrogen) atoms. The molecule has 0 atom stereocenters. The van der Waals surface area contributed by atoms with Gasteiger partial charge in [0.25, 0.3) is 0 Å². The van der Waals surface area contributed by atoms with E-state index >= 15 is 0 Å². The lowest BCUT2D eigenvalue weighted by Gasteiger charge is -2.13. The molecule has 0 radical (unpaired) electrons. The zero-order chi connectivity index (χ0) is 11.3. The zero-order valence-corrected chi connectivity index (χ0v) is 9.49. The maximum atomic E-state index is 9.13.